The largest absolute Gasteiger partial charge is 0.357 e. The summed E-state index contributed by atoms with van der Waals surface area (Å²) < 4.78 is 22.1. The van der Waals surface area contributed by atoms with E-state index in [1.165, 1.54) is 24.3 Å². The number of nitrogens with one attached hydrogen (secondary N) is 2. The second kappa shape index (κ2) is 4.63. The highest BCUT2D eigenvalue weighted by atomic mass is 32.2. The van der Waals surface area contributed by atoms with Crippen LogP contribution in [-0.4, -0.2) is 19.3 Å². The fourth-order valence-electron chi connectivity index (χ4n) is 1.40. The van der Waals surface area contributed by atoms with Gasteiger partial charge in [-0.1, -0.05) is 0 Å². The number of amides is 1. The van der Waals surface area contributed by atoms with Gasteiger partial charge < -0.3 is 10.3 Å². The van der Waals surface area contributed by atoms with Gasteiger partial charge in [-0.15, -0.1) is 0 Å². The minimum atomic E-state index is -3.71. The molecule has 2 rings (SSSR count). The second-order valence-electron chi connectivity index (χ2n) is 3.61. The molecule has 1 aromatic carbocycles. The molecule has 94 valence electrons. The number of aromatic amines is 1. The van der Waals surface area contributed by atoms with E-state index in [0.717, 1.165) is 0 Å². The summed E-state index contributed by atoms with van der Waals surface area (Å²) >= 11 is 0. The van der Waals surface area contributed by atoms with Crippen LogP contribution < -0.4 is 10.5 Å². The number of sulfonamides is 1. The highest BCUT2D eigenvalue weighted by molar-refractivity contribution is 7.89. The van der Waals surface area contributed by atoms with Crippen molar-refractivity contribution < 1.29 is 13.2 Å². The fourth-order valence-corrected chi connectivity index (χ4v) is 1.91. The average Bonchev–Trinajstić information content (AvgIpc) is 2.82. The molecule has 0 spiro atoms. The standard InChI is InChI=1S/C11H11N3O3S/c12-18(16,17)9-5-3-8(4-6-9)14-11(15)10-2-1-7-13-10/h1-7,13H,(H,14,15)(H2,12,16,17). The van der Waals surface area contributed by atoms with E-state index >= 15 is 0 Å². The Morgan fingerprint density at radius 2 is 1.83 bits per heavy atom. The lowest BCUT2D eigenvalue weighted by atomic mass is 10.3. The maximum Gasteiger partial charge on any atom is 0.272 e. The van der Waals surface area contributed by atoms with Crippen molar-refractivity contribution in [3.05, 3.63) is 48.3 Å². The molecule has 7 heteroatoms. The van der Waals surface area contributed by atoms with Gasteiger partial charge >= 0.3 is 0 Å². The van der Waals surface area contributed by atoms with Crippen molar-refractivity contribution in [2.24, 2.45) is 5.14 Å². The second-order valence-corrected chi connectivity index (χ2v) is 5.17. The Kier molecular flexibility index (Phi) is 3.17. The van der Waals surface area contributed by atoms with Crippen LogP contribution in [-0.2, 0) is 10.0 Å². The molecule has 0 saturated carbocycles. The third-order valence-electron chi connectivity index (χ3n) is 2.28. The maximum atomic E-state index is 11.7. The molecule has 0 aliphatic carbocycles. The number of aromatic nitrogens is 1. The summed E-state index contributed by atoms with van der Waals surface area (Å²) in [6.07, 6.45) is 1.64. The highest BCUT2D eigenvalue weighted by Crippen LogP contribution is 2.13. The number of H-pyrrole nitrogens is 1. The van der Waals surface area contributed by atoms with E-state index in [2.05, 4.69) is 10.3 Å². The lowest BCUT2D eigenvalue weighted by molar-refractivity contribution is 0.102. The molecule has 0 aliphatic rings. The summed E-state index contributed by atoms with van der Waals surface area (Å²) in [5, 5.41) is 7.58. The zero-order chi connectivity index (χ0) is 13.2. The molecule has 1 amide bonds. The number of primary sulfonamides is 1. The van der Waals surface area contributed by atoms with Crippen molar-refractivity contribution in [1.82, 2.24) is 4.98 Å². The van der Waals surface area contributed by atoms with Gasteiger partial charge in [-0.2, -0.15) is 0 Å². The van der Waals surface area contributed by atoms with Gasteiger partial charge in [-0.25, -0.2) is 13.6 Å². The number of hydrogen-bond acceptors (Lipinski definition) is 3. The molecule has 0 radical (unpaired) electrons. The molecule has 1 heterocycles. The van der Waals surface area contributed by atoms with E-state index < -0.39 is 10.0 Å². The molecule has 0 atom stereocenters. The van der Waals surface area contributed by atoms with Crippen molar-refractivity contribution in [3.8, 4) is 0 Å². The lowest BCUT2D eigenvalue weighted by Crippen LogP contribution is -2.14. The molecule has 0 fully saturated rings. The first-order chi connectivity index (χ1) is 8.47. The molecule has 0 saturated heterocycles. The topological polar surface area (TPSA) is 105 Å². The van der Waals surface area contributed by atoms with Gasteiger partial charge in [0.1, 0.15) is 5.69 Å². The molecule has 6 nitrogen and oxygen atoms in total. The van der Waals surface area contributed by atoms with E-state index in [9.17, 15) is 13.2 Å². The predicted molar refractivity (Wildman–Crippen MR) is 66.6 cm³/mol. The van der Waals surface area contributed by atoms with E-state index in [4.69, 9.17) is 5.14 Å². The number of rotatable bonds is 3. The first-order valence-corrected chi connectivity index (χ1v) is 6.59. The van der Waals surface area contributed by atoms with Crippen molar-refractivity contribution in [2.45, 2.75) is 4.90 Å². The first kappa shape index (κ1) is 12.3. The number of anilines is 1. The quantitative estimate of drug-likeness (QED) is 0.768. The summed E-state index contributed by atoms with van der Waals surface area (Å²) in [6, 6.07) is 8.95. The molecule has 4 N–H and O–H groups in total. The van der Waals surface area contributed by atoms with Crippen LogP contribution in [0, 0.1) is 0 Å². The van der Waals surface area contributed by atoms with E-state index in [-0.39, 0.29) is 10.8 Å². The molecule has 0 aliphatic heterocycles. The van der Waals surface area contributed by atoms with Gasteiger partial charge in [0.25, 0.3) is 5.91 Å². The summed E-state index contributed by atoms with van der Waals surface area (Å²) in [4.78, 5) is 14.4. The Labute approximate surface area is 104 Å². The van der Waals surface area contributed by atoms with Crippen molar-refractivity contribution in [3.63, 3.8) is 0 Å². The van der Waals surface area contributed by atoms with Crippen LogP contribution in [0.1, 0.15) is 10.5 Å². The number of carbonyl (C=O) groups is 1. The smallest absolute Gasteiger partial charge is 0.272 e. The fraction of sp³-hybridized carbons (Fsp3) is 0. The molecule has 18 heavy (non-hydrogen) atoms. The average molecular weight is 265 g/mol. The molecule has 1 aromatic heterocycles. The monoisotopic (exact) mass is 265 g/mol. The maximum absolute atomic E-state index is 11.7. The van der Waals surface area contributed by atoms with Gasteiger partial charge in [-0.3, -0.25) is 4.79 Å². The number of carbonyl (C=O) groups excluding carboxylic acids is 1. The van der Waals surface area contributed by atoms with Crippen LogP contribution in [0.15, 0.2) is 47.5 Å². The molecule has 0 bridgehead atoms. The van der Waals surface area contributed by atoms with Crippen LogP contribution in [0.5, 0.6) is 0 Å². The minimum Gasteiger partial charge on any atom is -0.357 e. The lowest BCUT2D eigenvalue weighted by Gasteiger charge is -2.04. The van der Waals surface area contributed by atoms with Gasteiger partial charge in [0.2, 0.25) is 10.0 Å². The molecule has 0 unspecified atom stereocenters. The Bertz CT molecular complexity index is 645. The summed E-state index contributed by atoms with van der Waals surface area (Å²) in [5.41, 5.74) is 0.910. The van der Waals surface area contributed by atoms with E-state index in [1.54, 1.807) is 18.3 Å². The Hall–Kier alpha value is -2.12. The van der Waals surface area contributed by atoms with Gasteiger partial charge in [0, 0.05) is 11.9 Å². The van der Waals surface area contributed by atoms with Crippen LogP contribution in [0.25, 0.3) is 0 Å². The molecule has 2 aromatic rings. The SMILES string of the molecule is NS(=O)(=O)c1ccc(NC(=O)c2ccc[nH]2)cc1. The zero-order valence-corrected chi connectivity index (χ0v) is 10.1. The Morgan fingerprint density at radius 1 is 1.17 bits per heavy atom. The van der Waals surface area contributed by atoms with Crippen LogP contribution >= 0.6 is 0 Å². The van der Waals surface area contributed by atoms with Gasteiger partial charge in [0.15, 0.2) is 0 Å². The van der Waals surface area contributed by atoms with Gasteiger partial charge in [0.05, 0.1) is 4.90 Å². The predicted octanol–water partition coefficient (Wildman–Crippen LogP) is 0.914. The van der Waals surface area contributed by atoms with Crippen LogP contribution in [0.4, 0.5) is 5.69 Å². The molecular formula is C11H11N3O3S. The number of nitrogens with two attached hydrogens (primary N) is 1. The summed E-state index contributed by atoms with van der Waals surface area (Å²) in [5.74, 6) is -0.302. The van der Waals surface area contributed by atoms with Crippen molar-refractivity contribution in [2.75, 3.05) is 5.32 Å². The normalized spacial score (nSPS) is 11.2. The van der Waals surface area contributed by atoms with Crippen molar-refractivity contribution >= 4 is 21.6 Å². The third kappa shape index (κ3) is 2.76. The molecular weight excluding hydrogens is 254 g/mol. The highest BCUT2D eigenvalue weighted by Gasteiger charge is 2.09. The van der Waals surface area contributed by atoms with Gasteiger partial charge in [-0.05, 0) is 36.4 Å². The minimum absolute atomic E-state index is 0.000345. The van der Waals surface area contributed by atoms with Crippen LogP contribution in [0.3, 0.4) is 0 Å². The number of hydrogen-bond donors (Lipinski definition) is 3. The van der Waals surface area contributed by atoms with Crippen molar-refractivity contribution in [1.29, 1.82) is 0 Å². The Balaban J connectivity index is 2.14. The third-order valence-corrected chi connectivity index (χ3v) is 3.21. The summed E-state index contributed by atoms with van der Waals surface area (Å²) in [7, 11) is -3.71. The van der Waals surface area contributed by atoms with Crippen LogP contribution in [0.2, 0.25) is 0 Å². The van der Waals surface area contributed by atoms with E-state index in [1.807, 2.05) is 0 Å². The zero-order valence-electron chi connectivity index (χ0n) is 9.25. The van der Waals surface area contributed by atoms with E-state index in [0.29, 0.717) is 11.4 Å². The Morgan fingerprint density at radius 3 is 2.33 bits per heavy atom. The first-order valence-electron chi connectivity index (χ1n) is 5.04. The summed E-state index contributed by atoms with van der Waals surface area (Å²) in [6.45, 7) is 0. The number of benzene rings is 1.